The highest BCUT2D eigenvalue weighted by Gasteiger charge is 2.35. The first kappa shape index (κ1) is 13.0. The third-order valence-corrected chi connectivity index (χ3v) is 3.19. The average molecular weight is 254 g/mol. The predicted octanol–water partition coefficient (Wildman–Crippen LogP) is 1.99. The maximum atomic E-state index is 13.9. The topological polar surface area (TPSA) is 32.3 Å². The van der Waals surface area contributed by atoms with E-state index in [0.29, 0.717) is 25.1 Å². The minimum atomic E-state index is -0.691. The van der Waals surface area contributed by atoms with Gasteiger partial charge in [0, 0.05) is 6.54 Å². The van der Waals surface area contributed by atoms with E-state index in [1.54, 1.807) is 6.92 Å². The number of aryl methyl sites for hydroxylation is 1. The first-order valence-corrected chi connectivity index (χ1v) is 6.05. The van der Waals surface area contributed by atoms with Gasteiger partial charge in [-0.3, -0.25) is 4.79 Å². The van der Waals surface area contributed by atoms with E-state index in [1.807, 2.05) is 6.92 Å². The number of anilines is 1. The molecule has 98 valence electrons. The van der Waals surface area contributed by atoms with Crippen LogP contribution in [0.2, 0.25) is 0 Å². The van der Waals surface area contributed by atoms with Gasteiger partial charge in [-0.1, -0.05) is 13.0 Å². The summed E-state index contributed by atoms with van der Waals surface area (Å²) in [5, 5.41) is 3.01. The number of nitrogens with zero attached hydrogens (tertiary/aromatic N) is 1. The SMILES string of the molecule is CCNC1CCN(c2c(F)ccc(C)c2F)C1=O. The van der Waals surface area contributed by atoms with Gasteiger partial charge in [-0.15, -0.1) is 0 Å². The molecule has 1 aromatic carbocycles. The number of benzene rings is 1. The molecular weight excluding hydrogens is 238 g/mol. The fraction of sp³-hybridized carbons (Fsp3) is 0.462. The summed E-state index contributed by atoms with van der Waals surface area (Å²) >= 11 is 0. The Morgan fingerprint density at radius 3 is 2.83 bits per heavy atom. The lowest BCUT2D eigenvalue weighted by Crippen LogP contribution is -2.38. The minimum absolute atomic E-state index is 0.222. The Labute approximate surface area is 105 Å². The molecule has 1 heterocycles. The van der Waals surface area contributed by atoms with Crippen molar-refractivity contribution in [2.45, 2.75) is 26.3 Å². The molecule has 2 rings (SSSR count). The van der Waals surface area contributed by atoms with E-state index in [-0.39, 0.29) is 17.6 Å². The molecule has 1 fully saturated rings. The maximum Gasteiger partial charge on any atom is 0.244 e. The fourth-order valence-corrected chi connectivity index (χ4v) is 2.23. The number of amides is 1. The monoisotopic (exact) mass is 254 g/mol. The van der Waals surface area contributed by atoms with Crippen molar-refractivity contribution in [3.63, 3.8) is 0 Å². The lowest BCUT2D eigenvalue weighted by Gasteiger charge is -2.19. The molecule has 1 saturated heterocycles. The second kappa shape index (κ2) is 5.02. The summed E-state index contributed by atoms with van der Waals surface area (Å²) in [5.74, 6) is -1.61. The zero-order valence-corrected chi connectivity index (χ0v) is 10.5. The Kier molecular flexibility index (Phi) is 3.61. The average Bonchev–Trinajstić information content (AvgIpc) is 2.68. The largest absolute Gasteiger partial charge is 0.306 e. The molecule has 1 amide bonds. The Bertz CT molecular complexity index is 476. The molecule has 0 bridgehead atoms. The fourth-order valence-electron chi connectivity index (χ4n) is 2.23. The van der Waals surface area contributed by atoms with Crippen molar-refractivity contribution in [3.8, 4) is 0 Å². The summed E-state index contributed by atoms with van der Waals surface area (Å²) in [6, 6.07) is 2.23. The van der Waals surface area contributed by atoms with Crippen molar-refractivity contribution < 1.29 is 13.6 Å². The number of hydrogen-bond acceptors (Lipinski definition) is 2. The van der Waals surface area contributed by atoms with Gasteiger partial charge in [0.2, 0.25) is 5.91 Å². The molecule has 0 aromatic heterocycles. The summed E-state index contributed by atoms with van der Waals surface area (Å²) in [4.78, 5) is 13.2. The summed E-state index contributed by atoms with van der Waals surface area (Å²) in [6.07, 6.45) is 0.569. The van der Waals surface area contributed by atoms with Crippen LogP contribution >= 0.6 is 0 Å². The molecule has 1 aliphatic heterocycles. The smallest absolute Gasteiger partial charge is 0.244 e. The van der Waals surface area contributed by atoms with Gasteiger partial charge in [0.25, 0.3) is 0 Å². The van der Waals surface area contributed by atoms with Crippen LogP contribution in [0.5, 0.6) is 0 Å². The highest BCUT2D eigenvalue weighted by Crippen LogP contribution is 2.29. The first-order valence-electron chi connectivity index (χ1n) is 6.05. The van der Waals surface area contributed by atoms with Crippen LogP contribution in [0.4, 0.5) is 14.5 Å². The summed E-state index contributed by atoms with van der Waals surface area (Å²) in [5.41, 5.74) is 0.117. The molecule has 18 heavy (non-hydrogen) atoms. The van der Waals surface area contributed by atoms with E-state index in [1.165, 1.54) is 17.0 Å². The van der Waals surface area contributed by atoms with Crippen molar-refractivity contribution in [3.05, 3.63) is 29.3 Å². The Morgan fingerprint density at radius 1 is 1.44 bits per heavy atom. The molecule has 1 atom stereocenters. The quantitative estimate of drug-likeness (QED) is 0.894. The van der Waals surface area contributed by atoms with Crippen molar-refractivity contribution >= 4 is 11.6 Å². The van der Waals surface area contributed by atoms with Crippen LogP contribution < -0.4 is 10.2 Å². The molecule has 0 saturated carbocycles. The number of carbonyl (C=O) groups is 1. The van der Waals surface area contributed by atoms with Gasteiger partial charge >= 0.3 is 0 Å². The van der Waals surface area contributed by atoms with E-state index < -0.39 is 11.6 Å². The lowest BCUT2D eigenvalue weighted by molar-refractivity contribution is -0.118. The molecule has 3 nitrogen and oxygen atoms in total. The van der Waals surface area contributed by atoms with E-state index in [9.17, 15) is 13.6 Å². The van der Waals surface area contributed by atoms with Gasteiger partial charge in [0.15, 0.2) is 5.82 Å². The second-order valence-corrected chi connectivity index (χ2v) is 4.42. The molecule has 1 N–H and O–H groups in total. The summed E-state index contributed by atoms with van der Waals surface area (Å²) in [7, 11) is 0. The van der Waals surface area contributed by atoms with Crippen LogP contribution in [0.25, 0.3) is 0 Å². The van der Waals surface area contributed by atoms with Crippen LogP contribution in [0, 0.1) is 18.6 Å². The number of rotatable bonds is 3. The molecule has 0 aliphatic carbocycles. The van der Waals surface area contributed by atoms with Gasteiger partial charge in [-0.25, -0.2) is 8.78 Å². The zero-order chi connectivity index (χ0) is 13.3. The van der Waals surface area contributed by atoms with E-state index in [4.69, 9.17) is 0 Å². The van der Waals surface area contributed by atoms with Gasteiger partial charge in [-0.2, -0.15) is 0 Å². The number of nitrogens with one attached hydrogen (secondary N) is 1. The number of hydrogen-bond donors (Lipinski definition) is 1. The van der Waals surface area contributed by atoms with E-state index >= 15 is 0 Å². The number of carbonyl (C=O) groups excluding carboxylic acids is 1. The van der Waals surface area contributed by atoms with Crippen LogP contribution in [0.15, 0.2) is 12.1 Å². The number of halogens is 2. The van der Waals surface area contributed by atoms with Crippen LogP contribution in [0.3, 0.4) is 0 Å². The molecule has 0 radical (unpaired) electrons. The Balaban J connectivity index is 2.34. The molecule has 1 aromatic rings. The Hall–Kier alpha value is -1.49. The van der Waals surface area contributed by atoms with Crippen LogP contribution in [-0.2, 0) is 4.79 Å². The highest BCUT2D eigenvalue weighted by atomic mass is 19.1. The van der Waals surface area contributed by atoms with Crippen molar-refractivity contribution in [2.24, 2.45) is 0 Å². The normalized spacial score (nSPS) is 19.7. The molecule has 1 aliphatic rings. The standard InChI is InChI=1S/C13H16F2N2O/c1-3-16-10-6-7-17(13(10)18)12-9(14)5-4-8(2)11(12)15/h4-5,10,16H,3,6-7H2,1-2H3. The zero-order valence-electron chi connectivity index (χ0n) is 10.5. The van der Waals surface area contributed by atoms with Crippen LogP contribution in [0.1, 0.15) is 18.9 Å². The second-order valence-electron chi connectivity index (χ2n) is 4.42. The van der Waals surface area contributed by atoms with Gasteiger partial charge in [0.1, 0.15) is 11.5 Å². The van der Waals surface area contributed by atoms with Gasteiger partial charge in [-0.05, 0) is 31.5 Å². The molecular formula is C13H16F2N2O. The van der Waals surface area contributed by atoms with E-state index in [2.05, 4.69) is 5.32 Å². The minimum Gasteiger partial charge on any atom is -0.306 e. The molecule has 5 heteroatoms. The first-order chi connectivity index (χ1) is 8.56. The molecule has 0 spiro atoms. The third kappa shape index (κ3) is 2.10. The van der Waals surface area contributed by atoms with Crippen molar-refractivity contribution in [2.75, 3.05) is 18.0 Å². The summed E-state index contributed by atoms with van der Waals surface area (Å²) < 4.78 is 27.7. The van der Waals surface area contributed by atoms with Crippen LogP contribution in [-0.4, -0.2) is 25.0 Å². The Morgan fingerprint density at radius 2 is 2.17 bits per heavy atom. The maximum absolute atomic E-state index is 13.9. The van der Waals surface area contributed by atoms with Gasteiger partial charge in [0.05, 0.1) is 6.04 Å². The molecule has 1 unspecified atom stereocenters. The van der Waals surface area contributed by atoms with Crippen molar-refractivity contribution in [1.82, 2.24) is 5.32 Å². The highest BCUT2D eigenvalue weighted by molar-refractivity contribution is 5.99. The van der Waals surface area contributed by atoms with E-state index in [0.717, 1.165) is 0 Å². The predicted molar refractivity (Wildman–Crippen MR) is 65.5 cm³/mol. The number of likely N-dealkylation sites (N-methyl/N-ethyl adjacent to an activating group) is 1. The van der Waals surface area contributed by atoms with Gasteiger partial charge < -0.3 is 10.2 Å². The third-order valence-electron chi connectivity index (χ3n) is 3.19. The lowest BCUT2D eigenvalue weighted by atomic mass is 10.2. The summed E-state index contributed by atoms with van der Waals surface area (Å²) in [6.45, 7) is 4.45. The van der Waals surface area contributed by atoms with Crippen molar-refractivity contribution in [1.29, 1.82) is 0 Å².